The molecule has 0 aromatic carbocycles. The van der Waals surface area contributed by atoms with E-state index >= 15 is 0 Å². The second kappa shape index (κ2) is 9.52. The molecule has 0 amide bonds. The fraction of sp³-hybridized carbons (Fsp3) is 0.185. The Hall–Kier alpha value is -4.08. The lowest BCUT2D eigenvalue weighted by Gasteiger charge is -2.18. The number of nitrogens with one attached hydrogen (secondary N) is 2. The number of anilines is 1. The van der Waals surface area contributed by atoms with Gasteiger partial charge in [-0.2, -0.15) is 11.3 Å². The molecule has 6 heterocycles. The highest BCUT2D eigenvalue weighted by atomic mass is 32.1. The standard InChI is InChI=1S/C27H25N7OS/c1-34(2)6-7-35-20-9-18(12-28-14-20)19-10-22-26(31-16-32-27(22)30-13-19)24-11-21-23(33-24)3-5-29-25(21)17-4-8-36-15-17/h3-5,8-15,33H,6-7,16H2,1-2H3,(H,30,32). The lowest BCUT2D eigenvalue weighted by atomic mass is 10.0. The molecule has 0 bridgehead atoms. The van der Waals surface area contributed by atoms with Crippen LogP contribution in [-0.4, -0.2) is 64.5 Å². The molecule has 0 atom stereocenters. The van der Waals surface area contributed by atoms with Gasteiger partial charge in [0.05, 0.1) is 23.3 Å². The number of H-pyrrole nitrogens is 1. The average Bonchev–Trinajstić information content (AvgIpc) is 3.58. The van der Waals surface area contributed by atoms with Gasteiger partial charge in [0.1, 0.15) is 24.8 Å². The van der Waals surface area contributed by atoms with E-state index < -0.39 is 0 Å². The smallest absolute Gasteiger partial charge is 0.138 e. The molecule has 1 aliphatic rings. The van der Waals surface area contributed by atoms with Gasteiger partial charge >= 0.3 is 0 Å². The summed E-state index contributed by atoms with van der Waals surface area (Å²) in [4.78, 5) is 24.2. The molecule has 0 spiro atoms. The van der Waals surface area contributed by atoms with Gasteiger partial charge in [0.15, 0.2) is 0 Å². The minimum absolute atomic E-state index is 0.469. The first-order valence-corrected chi connectivity index (χ1v) is 12.6. The number of ether oxygens (including phenoxy) is 1. The molecule has 0 aliphatic carbocycles. The van der Waals surface area contributed by atoms with Gasteiger partial charge in [-0.1, -0.05) is 0 Å². The van der Waals surface area contributed by atoms with Crippen LogP contribution in [0.3, 0.4) is 0 Å². The van der Waals surface area contributed by atoms with E-state index in [-0.39, 0.29) is 0 Å². The number of pyridine rings is 3. The molecule has 0 fully saturated rings. The molecule has 0 unspecified atom stereocenters. The van der Waals surface area contributed by atoms with E-state index in [1.807, 2.05) is 44.8 Å². The fourth-order valence-electron chi connectivity index (χ4n) is 4.27. The largest absolute Gasteiger partial charge is 0.491 e. The lowest BCUT2D eigenvalue weighted by Crippen LogP contribution is -2.19. The van der Waals surface area contributed by atoms with Gasteiger partial charge in [-0.05, 0) is 49.8 Å². The molecule has 36 heavy (non-hydrogen) atoms. The molecule has 8 nitrogen and oxygen atoms in total. The first-order valence-electron chi connectivity index (χ1n) is 11.7. The highest BCUT2D eigenvalue weighted by molar-refractivity contribution is 7.08. The Bertz CT molecular complexity index is 1560. The van der Waals surface area contributed by atoms with Gasteiger partial charge in [0.25, 0.3) is 0 Å². The zero-order valence-electron chi connectivity index (χ0n) is 20.0. The van der Waals surface area contributed by atoms with E-state index in [1.165, 1.54) is 0 Å². The summed E-state index contributed by atoms with van der Waals surface area (Å²) in [6.07, 6.45) is 7.27. The number of fused-ring (bicyclic) bond motifs is 2. The Morgan fingerprint density at radius 3 is 2.81 bits per heavy atom. The third-order valence-corrected chi connectivity index (χ3v) is 6.76. The van der Waals surface area contributed by atoms with Crippen LogP contribution in [0.1, 0.15) is 11.3 Å². The molecule has 2 N–H and O–H groups in total. The van der Waals surface area contributed by atoms with E-state index in [0.29, 0.717) is 13.3 Å². The Kier molecular flexibility index (Phi) is 5.92. The fourth-order valence-corrected chi connectivity index (χ4v) is 4.91. The molecular formula is C27H25N7OS. The highest BCUT2D eigenvalue weighted by Gasteiger charge is 2.21. The van der Waals surface area contributed by atoms with Crippen LogP contribution < -0.4 is 10.1 Å². The van der Waals surface area contributed by atoms with Crippen molar-refractivity contribution in [3.8, 4) is 28.1 Å². The van der Waals surface area contributed by atoms with Crippen molar-refractivity contribution < 1.29 is 4.74 Å². The van der Waals surface area contributed by atoms with Crippen LogP contribution in [0.4, 0.5) is 5.82 Å². The Morgan fingerprint density at radius 1 is 1.03 bits per heavy atom. The van der Waals surface area contributed by atoms with Crippen LogP contribution in [0.5, 0.6) is 5.75 Å². The Labute approximate surface area is 212 Å². The van der Waals surface area contributed by atoms with Crippen molar-refractivity contribution in [2.24, 2.45) is 4.99 Å². The van der Waals surface area contributed by atoms with Crippen molar-refractivity contribution in [1.82, 2.24) is 24.8 Å². The number of hydrogen-bond donors (Lipinski definition) is 2. The number of aromatic nitrogens is 4. The van der Waals surface area contributed by atoms with E-state index in [9.17, 15) is 0 Å². The second-order valence-corrected chi connectivity index (χ2v) is 9.62. The summed E-state index contributed by atoms with van der Waals surface area (Å²) in [5, 5.41) is 8.55. The molecule has 6 rings (SSSR count). The van der Waals surface area contributed by atoms with Crippen molar-refractivity contribution in [3.63, 3.8) is 0 Å². The van der Waals surface area contributed by atoms with Crippen LogP contribution in [0.2, 0.25) is 0 Å². The van der Waals surface area contributed by atoms with Gasteiger partial charge < -0.3 is 19.9 Å². The molecule has 180 valence electrons. The number of aromatic amines is 1. The monoisotopic (exact) mass is 495 g/mol. The molecule has 0 radical (unpaired) electrons. The lowest BCUT2D eigenvalue weighted by molar-refractivity contribution is 0.261. The van der Waals surface area contributed by atoms with Crippen LogP contribution in [0.25, 0.3) is 33.3 Å². The summed E-state index contributed by atoms with van der Waals surface area (Å²) in [5.74, 6) is 1.55. The maximum Gasteiger partial charge on any atom is 0.138 e. The molecule has 5 aromatic rings. The number of hydrogen-bond acceptors (Lipinski definition) is 8. The topological polar surface area (TPSA) is 91.3 Å². The predicted octanol–water partition coefficient (Wildman–Crippen LogP) is 4.91. The number of nitrogens with zero attached hydrogens (tertiary/aromatic N) is 5. The summed E-state index contributed by atoms with van der Waals surface area (Å²) in [5.41, 5.74) is 7.76. The number of rotatable bonds is 7. The Balaban J connectivity index is 1.35. The van der Waals surface area contributed by atoms with Crippen molar-refractivity contribution in [1.29, 1.82) is 0 Å². The minimum atomic E-state index is 0.469. The minimum Gasteiger partial charge on any atom is -0.491 e. The van der Waals surface area contributed by atoms with Crippen molar-refractivity contribution in [3.05, 3.63) is 77.1 Å². The maximum atomic E-state index is 5.89. The molecule has 9 heteroatoms. The molecule has 0 saturated heterocycles. The number of likely N-dealkylation sites (N-methyl/N-ethyl adjacent to an activating group) is 1. The first-order chi connectivity index (χ1) is 17.7. The SMILES string of the molecule is CN(C)CCOc1cncc(-c2cnc3c(c2)C(c2cc4c(-c5ccsc5)nccc4[nH]2)=NCN3)c1. The Morgan fingerprint density at radius 2 is 1.94 bits per heavy atom. The molecular weight excluding hydrogens is 470 g/mol. The highest BCUT2D eigenvalue weighted by Crippen LogP contribution is 2.32. The maximum absolute atomic E-state index is 5.89. The van der Waals surface area contributed by atoms with Gasteiger partial charge in [-0.25, -0.2) is 4.98 Å². The van der Waals surface area contributed by atoms with Crippen molar-refractivity contribution >= 4 is 33.8 Å². The third kappa shape index (κ3) is 4.34. The third-order valence-electron chi connectivity index (χ3n) is 6.08. The first kappa shape index (κ1) is 22.4. The van der Waals surface area contributed by atoms with Crippen molar-refractivity contribution in [2.75, 3.05) is 39.2 Å². The van der Waals surface area contributed by atoms with E-state index in [4.69, 9.17) is 14.7 Å². The molecule has 5 aromatic heterocycles. The predicted molar refractivity (Wildman–Crippen MR) is 145 cm³/mol. The van der Waals surface area contributed by atoms with E-state index in [2.05, 4.69) is 54.1 Å². The van der Waals surface area contributed by atoms with Crippen molar-refractivity contribution in [2.45, 2.75) is 0 Å². The summed E-state index contributed by atoms with van der Waals surface area (Å²) >= 11 is 1.67. The number of thiophene rings is 1. The summed E-state index contributed by atoms with van der Waals surface area (Å²) in [6, 6.07) is 10.3. The molecule has 1 aliphatic heterocycles. The summed E-state index contributed by atoms with van der Waals surface area (Å²) in [7, 11) is 4.05. The zero-order valence-corrected chi connectivity index (χ0v) is 20.8. The van der Waals surface area contributed by atoms with Gasteiger partial charge in [-0.15, -0.1) is 0 Å². The van der Waals surface area contributed by atoms with Gasteiger partial charge in [0.2, 0.25) is 0 Å². The summed E-state index contributed by atoms with van der Waals surface area (Å²) in [6.45, 7) is 1.91. The molecule has 0 saturated carbocycles. The van der Waals surface area contributed by atoms with Crippen LogP contribution in [0.15, 0.2) is 70.9 Å². The van der Waals surface area contributed by atoms with E-state index in [0.717, 1.165) is 68.4 Å². The average molecular weight is 496 g/mol. The van der Waals surface area contributed by atoms with Gasteiger partial charge in [0, 0.05) is 63.7 Å². The van der Waals surface area contributed by atoms with Gasteiger partial charge in [-0.3, -0.25) is 15.0 Å². The normalized spacial score (nSPS) is 12.9. The second-order valence-electron chi connectivity index (χ2n) is 8.84. The van der Waals surface area contributed by atoms with E-state index in [1.54, 1.807) is 17.5 Å². The number of aliphatic imine (C=N–C) groups is 1. The summed E-state index contributed by atoms with van der Waals surface area (Å²) < 4.78 is 5.89. The quantitative estimate of drug-likeness (QED) is 0.333. The van der Waals surface area contributed by atoms with Crippen LogP contribution in [-0.2, 0) is 0 Å². The van der Waals surface area contributed by atoms with Crippen LogP contribution >= 0.6 is 11.3 Å². The van der Waals surface area contributed by atoms with Crippen LogP contribution in [0, 0.1) is 0 Å². The zero-order chi connectivity index (χ0) is 24.5.